The topological polar surface area (TPSA) is 92.7 Å². The minimum absolute atomic E-state index is 0.0141. The monoisotopic (exact) mass is 572 g/mol. The summed E-state index contributed by atoms with van der Waals surface area (Å²) < 4.78 is 40.9. The van der Waals surface area contributed by atoms with Gasteiger partial charge in [-0.1, -0.05) is 0 Å². The molecule has 0 spiro atoms. The average Bonchev–Trinajstić information content (AvgIpc) is 3.37. The Morgan fingerprint density at radius 2 is 1.90 bits per heavy atom. The van der Waals surface area contributed by atoms with E-state index in [1.807, 2.05) is 44.9 Å². The highest BCUT2D eigenvalue weighted by Crippen LogP contribution is 2.39. The molecule has 3 aromatic rings. The molecule has 40 heavy (non-hydrogen) atoms. The summed E-state index contributed by atoms with van der Waals surface area (Å²) in [7, 11) is 0. The molecule has 2 aliphatic heterocycles. The van der Waals surface area contributed by atoms with E-state index in [9.17, 15) is 13.6 Å². The highest BCUT2D eigenvalue weighted by molar-refractivity contribution is 7.13. The Balaban J connectivity index is 1.29. The van der Waals surface area contributed by atoms with E-state index in [4.69, 9.17) is 14.5 Å². The number of amides is 1. The van der Waals surface area contributed by atoms with Gasteiger partial charge in [-0.15, -0.1) is 11.3 Å². The third-order valence-corrected chi connectivity index (χ3v) is 7.63. The Bertz CT molecular complexity index is 1380. The number of benzene rings is 1. The minimum atomic E-state index is -0.658. The second-order valence-electron chi connectivity index (χ2n) is 11.3. The van der Waals surface area contributed by atoms with Crippen LogP contribution >= 0.6 is 11.3 Å². The average molecular weight is 573 g/mol. The number of halogens is 2. The van der Waals surface area contributed by atoms with Crippen molar-refractivity contribution in [3.63, 3.8) is 0 Å². The van der Waals surface area contributed by atoms with Gasteiger partial charge in [-0.05, 0) is 59.6 Å². The van der Waals surface area contributed by atoms with Gasteiger partial charge < -0.3 is 24.6 Å². The summed E-state index contributed by atoms with van der Waals surface area (Å²) in [6, 6.07) is 3.06. The summed E-state index contributed by atoms with van der Waals surface area (Å²) in [5.74, 6) is -0.683. The lowest BCUT2D eigenvalue weighted by molar-refractivity contribution is 0.0204. The molecule has 0 bridgehead atoms. The van der Waals surface area contributed by atoms with E-state index in [0.29, 0.717) is 42.6 Å². The smallest absolute Gasteiger partial charge is 0.410 e. The lowest BCUT2D eigenvalue weighted by Gasteiger charge is -2.34. The molecule has 2 aromatic heterocycles. The molecular weight excluding hydrogens is 538 g/mol. The molecule has 214 valence electrons. The molecule has 12 heteroatoms. The Morgan fingerprint density at radius 1 is 1.15 bits per heavy atom. The standard InChI is InChI=1S/C28H34F2N6O3S/c1-16(2)36-10-11-38-24-19(29)12-18(13-22(24)36)23-20(30)14-31-25(33-23)34-26-32-21(15-40-26)17-6-8-35(9-7-17)27(37)39-28(3,4)5/h12-17H,6-11H2,1-5H3,(H,31,32,33,34). The predicted molar refractivity (Wildman–Crippen MR) is 151 cm³/mol. The van der Waals surface area contributed by atoms with Gasteiger partial charge in [0.1, 0.15) is 17.9 Å². The van der Waals surface area contributed by atoms with Crippen LogP contribution in [-0.4, -0.2) is 63.8 Å². The van der Waals surface area contributed by atoms with Crippen molar-refractivity contribution in [3.05, 3.63) is 41.0 Å². The van der Waals surface area contributed by atoms with Crippen LogP contribution in [-0.2, 0) is 4.74 Å². The van der Waals surface area contributed by atoms with Gasteiger partial charge in [-0.3, -0.25) is 0 Å². The van der Waals surface area contributed by atoms with E-state index < -0.39 is 17.2 Å². The van der Waals surface area contributed by atoms with Crippen LogP contribution in [0.4, 0.5) is 30.3 Å². The van der Waals surface area contributed by atoms with Gasteiger partial charge in [0, 0.05) is 36.0 Å². The number of thiazole rings is 1. The van der Waals surface area contributed by atoms with Crippen molar-refractivity contribution in [1.29, 1.82) is 0 Å². The molecule has 0 unspecified atom stereocenters. The SMILES string of the molecule is CC(C)N1CCOc2c(F)cc(-c3nc(Nc4nc(C5CCN(C(=O)OC(C)(C)C)CC5)cs4)ncc3F)cc21. The number of carbonyl (C=O) groups is 1. The molecule has 1 aromatic carbocycles. The third kappa shape index (κ3) is 6.11. The zero-order chi connectivity index (χ0) is 28.6. The maximum Gasteiger partial charge on any atom is 0.410 e. The second kappa shape index (κ2) is 11.1. The van der Waals surface area contributed by atoms with E-state index in [0.717, 1.165) is 24.7 Å². The van der Waals surface area contributed by atoms with Crippen LogP contribution in [0.1, 0.15) is 59.1 Å². The van der Waals surface area contributed by atoms with Gasteiger partial charge in [-0.2, -0.15) is 0 Å². The van der Waals surface area contributed by atoms with Crippen LogP contribution in [0.3, 0.4) is 0 Å². The predicted octanol–water partition coefficient (Wildman–Crippen LogP) is 6.34. The van der Waals surface area contributed by atoms with Gasteiger partial charge in [0.2, 0.25) is 5.95 Å². The summed E-state index contributed by atoms with van der Waals surface area (Å²) in [5.41, 5.74) is 1.25. The molecule has 4 heterocycles. The fourth-order valence-corrected chi connectivity index (χ4v) is 5.70. The molecule has 5 rings (SSSR count). The maximum atomic E-state index is 15.0. The molecule has 1 N–H and O–H groups in total. The Kier molecular flexibility index (Phi) is 7.80. The van der Waals surface area contributed by atoms with Gasteiger partial charge in [-0.25, -0.2) is 28.5 Å². The number of ether oxygens (including phenoxy) is 2. The first-order valence-corrected chi connectivity index (χ1v) is 14.3. The molecule has 1 fully saturated rings. The summed E-state index contributed by atoms with van der Waals surface area (Å²) in [6.07, 6.45) is 2.33. The number of nitrogens with one attached hydrogen (secondary N) is 1. The molecule has 0 atom stereocenters. The number of carbonyl (C=O) groups excluding carboxylic acids is 1. The first-order valence-electron chi connectivity index (χ1n) is 13.4. The highest BCUT2D eigenvalue weighted by atomic mass is 32.1. The van der Waals surface area contributed by atoms with Crippen LogP contribution in [0.2, 0.25) is 0 Å². The number of fused-ring (bicyclic) bond motifs is 1. The quantitative estimate of drug-likeness (QED) is 0.379. The highest BCUT2D eigenvalue weighted by Gasteiger charge is 2.29. The molecule has 1 saturated heterocycles. The number of hydrogen-bond acceptors (Lipinski definition) is 9. The van der Waals surface area contributed by atoms with Gasteiger partial charge >= 0.3 is 6.09 Å². The van der Waals surface area contributed by atoms with Crippen molar-refractivity contribution in [2.75, 3.05) is 36.5 Å². The van der Waals surface area contributed by atoms with E-state index >= 15 is 0 Å². The molecule has 2 aliphatic rings. The maximum absolute atomic E-state index is 15.0. The summed E-state index contributed by atoms with van der Waals surface area (Å²) in [6.45, 7) is 11.8. The lowest BCUT2D eigenvalue weighted by atomic mass is 9.94. The van der Waals surface area contributed by atoms with E-state index in [2.05, 4.69) is 15.3 Å². The summed E-state index contributed by atoms with van der Waals surface area (Å²) in [4.78, 5) is 29.3. The van der Waals surface area contributed by atoms with Crippen molar-refractivity contribution in [3.8, 4) is 17.0 Å². The fraction of sp³-hybridized carbons (Fsp3) is 0.500. The normalized spacial score (nSPS) is 16.1. The minimum Gasteiger partial charge on any atom is -0.486 e. The van der Waals surface area contributed by atoms with Gasteiger partial charge in [0.25, 0.3) is 0 Å². The molecule has 0 aliphatic carbocycles. The largest absolute Gasteiger partial charge is 0.486 e. The van der Waals surface area contributed by atoms with Crippen LogP contribution < -0.4 is 15.0 Å². The number of piperidine rings is 1. The Hall–Kier alpha value is -3.54. The van der Waals surface area contributed by atoms with Crippen LogP contribution in [0, 0.1) is 11.6 Å². The number of anilines is 3. The lowest BCUT2D eigenvalue weighted by Crippen LogP contribution is -2.41. The van der Waals surface area contributed by atoms with E-state index in [1.165, 1.54) is 17.4 Å². The van der Waals surface area contributed by atoms with Crippen molar-refractivity contribution in [2.24, 2.45) is 0 Å². The van der Waals surface area contributed by atoms with Crippen LogP contribution in [0.25, 0.3) is 11.3 Å². The number of hydrogen-bond donors (Lipinski definition) is 1. The van der Waals surface area contributed by atoms with Crippen molar-refractivity contribution < 1.29 is 23.0 Å². The zero-order valence-corrected chi connectivity index (χ0v) is 24.1. The third-order valence-electron chi connectivity index (χ3n) is 6.86. The molecule has 0 saturated carbocycles. The summed E-state index contributed by atoms with van der Waals surface area (Å²) in [5, 5.41) is 5.60. The van der Waals surface area contributed by atoms with Crippen LogP contribution in [0.15, 0.2) is 23.7 Å². The Morgan fingerprint density at radius 3 is 2.60 bits per heavy atom. The Labute approximate surface area is 236 Å². The fourth-order valence-electron chi connectivity index (χ4n) is 4.92. The first-order chi connectivity index (χ1) is 19.0. The van der Waals surface area contributed by atoms with Crippen molar-refractivity contribution >= 4 is 34.2 Å². The molecule has 1 amide bonds. The number of rotatable bonds is 5. The number of aromatic nitrogens is 3. The van der Waals surface area contributed by atoms with E-state index in [-0.39, 0.29) is 35.4 Å². The summed E-state index contributed by atoms with van der Waals surface area (Å²) >= 11 is 1.40. The first kappa shape index (κ1) is 28.0. The number of likely N-dealkylation sites (tertiary alicyclic amines) is 1. The number of nitrogens with zero attached hydrogens (tertiary/aromatic N) is 5. The van der Waals surface area contributed by atoms with Gasteiger partial charge in [0.05, 0.1) is 24.1 Å². The van der Waals surface area contributed by atoms with Crippen molar-refractivity contribution in [2.45, 2.75) is 65.0 Å². The second-order valence-corrected chi connectivity index (χ2v) is 12.1. The van der Waals surface area contributed by atoms with Gasteiger partial charge in [0.15, 0.2) is 22.5 Å². The molecule has 9 nitrogen and oxygen atoms in total. The van der Waals surface area contributed by atoms with Crippen molar-refractivity contribution in [1.82, 2.24) is 19.9 Å². The van der Waals surface area contributed by atoms with Crippen LogP contribution in [0.5, 0.6) is 5.75 Å². The molecular formula is C28H34F2N6O3S. The van der Waals surface area contributed by atoms with E-state index in [1.54, 1.807) is 11.0 Å². The molecule has 0 radical (unpaired) electrons. The zero-order valence-electron chi connectivity index (χ0n) is 23.3.